The lowest BCUT2D eigenvalue weighted by atomic mass is 10.2. The molecule has 1 aliphatic rings. The summed E-state index contributed by atoms with van der Waals surface area (Å²) in [5.41, 5.74) is 7.64. The molecule has 3 aromatic rings. The quantitative estimate of drug-likeness (QED) is 0.487. The van der Waals surface area contributed by atoms with E-state index in [9.17, 15) is 4.79 Å². The summed E-state index contributed by atoms with van der Waals surface area (Å²) in [6.45, 7) is 1.06. The average Bonchev–Trinajstić information content (AvgIpc) is 3.42. The molecule has 4 rings (SSSR count). The van der Waals surface area contributed by atoms with Crippen LogP contribution in [0.1, 0.15) is 12.8 Å². The Balaban J connectivity index is 1.44. The number of H-pyrrole nitrogens is 1. The molecule has 0 bridgehead atoms. The van der Waals surface area contributed by atoms with Gasteiger partial charge in [0.15, 0.2) is 5.82 Å². The first-order valence-corrected chi connectivity index (χ1v) is 8.90. The molecule has 0 saturated heterocycles. The third-order valence-electron chi connectivity index (χ3n) is 4.60. The van der Waals surface area contributed by atoms with Gasteiger partial charge in [-0.3, -0.25) is 4.79 Å². The van der Waals surface area contributed by atoms with E-state index in [0.717, 1.165) is 35.3 Å². The predicted molar refractivity (Wildman–Crippen MR) is 102 cm³/mol. The van der Waals surface area contributed by atoms with Crippen molar-refractivity contribution in [3.8, 4) is 11.4 Å². The Hall–Kier alpha value is -2.93. The Morgan fingerprint density at radius 2 is 2.00 bits per heavy atom. The minimum Gasteiger partial charge on any atom is -0.368 e. The second-order valence-corrected chi connectivity index (χ2v) is 6.58. The van der Waals surface area contributed by atoms with Crippen LogP contribution in [0.4, 0.5) is 5.82 Å². The number of hydrogen-bond donors (Lipinski definition) is 4. The zero-order valence-corrected chi connectivity index (χ0v) is 14.4. The molecule has 134 valence electrons. The third-order valence-corrected chi connectivity index (χ3v) is 4.60. The molecule has 5 N–H and O–H groups in total. The van der Waals surface area contributed by atoms with Crippen LogP contribution in [0.3, 0.4) is 0 Å². The van der Waals surface area contributed by atoms with Crippen molar-refractivity contribution in [2.75, 3.05) is 18.4 Å². The van der Waals surface area contributed by atoms with Crippen LogP contribution in [0.25, 0.3) is 22.4 Å². The number of aromatic nitrogens is 3. The summed E-state index contributed by atoms with van der Waals surface area (Å²) in [5.74, 6) is 1.69. The van der Waals surface area contributed by atoms with Crippen molar-refractivity contribution < 1.29 is 4.79 Å². The Labute approximate surface area is 151 Å². The standard InChI is InChI=1S/C19H22N6O/c20-15(12-6-7-12)19(26)23-11-10-22-18-14-8-9-21-17(14)24-16(25-18)13-4-2-1-3-5-13/h1-5,8-9,12,15H,6-7,10-11,20H2,(H,23,26)(H2,21,22,24,25). The highest BCUT2D eigenvalue weighted by Gasteiger charge is 2.32. The first-order valence-electron chi connectivity index (χ1n) is 8.90. The van der Waals surface area contributed by atoms with Gasteiger partial charge in [0, 0.05) is 24.8 Å². The van der Waals surface area contributed by atoms with E-state index in [1.165, 1.54) is 0 Å². The molecular weight excluding hydrogens is 328 g/mol. The first kappa shape index (κ1) is 16.5. The van der Waals surface area contributed by atoms with Crippen LogP contribution in [0.2, 0.25) is 0 Å². The number of aromatic amines is 1. The molecule has 2 aromatic heterocycles. The predicted octanol–water partition coefficient (Wildman–Crippen LogP) is 1.89. The van der Waals surface area contributed by atoms with Crippen LogP contribution in [-0.4, -0.2) is 40.0 Å². The van der Waals surface area contributed by atoms with Crippen molar-refractivity contribution in [2.45, 2.75) is 18.9 Å². The molecule has 26 heavy (non-hydrogen) atoms. The highest BCUT2D eigenvalue weighted by Crippen LogP contribution is 2.31. The number of nitrogens with two attached hydrogens (primary N) is 1. The Morgan fingerprint density at radius 3 is 2.77 bits per heavy atom. The van der Waals surface area contributed by atoms with Crippen molar-refractivity contribution in [1.82, 2.24) is 20.3 Å². The van der Waals surface area contributed by atoms with Gasteiger partial charge < -0.3 is 21.4 Å². The average molecular weight is 350 g/mol. The number of amides is 1. The highest BCUT2D eigenvalue weighted by atomic mass is 16.2. The molecule has 1 unspecified atom stereocenters. The first-order chi connectivity index (χ1) is 12.7. The van der Waals surface area contributed by atoms with Gasteiger partial charge in [-0.1, -0.05) is 30.3 Å². The number of benzene rings is 1. The molecule has 0 radical (unpaired) electrons. The molecule has 2 heterocycles. The van der Waals surface area contributed by atoms with Crippen molar-refractivity contribution >= 4 is 22.8 Å². The number of rotatable bonds is 7. The third kappa shape index (κ3) is 3.52. The molecule has 1 fully saturated rings. The molecule has 1 amide bonds. The summed E-state index contributed by atoms with van der Waals surface area (Å²) in [5, 5.41) is 7.10. The van der Waals surface area contributed by atoms with E-state index in [4.69, 9.17) is 5.73 Å². The van der Waals surface area contributed by atoms with Crippen LogP contribution in [0.5, 0.6) is 0 Å². The van der Waals surface area contributed by atoms with Crippen LogP contribution >= 0.6 is 0 Å². The van der Waals surface area contributed by atoms with Crippen molar-refractivity contribution in [3.05, 3.63) is 42.6 Å². The molecular formula is C19H22N6O. The minimum atomic E-state index is -0.380. The van der Waals surface area contributed by atoms with Gasteiger partial charge in [0.05, 0.1) is 11.4 Å². The number of carbonyl (C=O) groups is 1. The molecule has 1 atom stereocenters. The molecule has 0 aliphatic heterocycles. The lowest BCUT2D eigenvalue weighted by molar-refractivity contribution is -0.122. The second-order valence-electron chi connectivity index (χ2n) is 6.58. The number of nitrogens with one attached hydrogen (secondary N) is 3. The zero-order valence-electron chi connectivity index (χ0n) is 14.4. The molecule has 7 heteroatoms. The van der Waals surface area contributed by atoms with Crippen molar-refractivity contribution in [3.63, 3.8) is 0 Å². The lowest BCUT2D eigenvalue weighted by Crippen LogP contribution is -2.43. The fraction of sp³-hybridized carbons (Fsp3) is 0.316. The second kappa shape index (κ2) is 7.13. The van der Waals surface area contributed by atoms with Gasteiger partial charge in [0.1, 0.15) is 11.5 Å². The van der Waals surface area contributed by atoms with Gasteiger partial charge in [0.2, 0.25) is 5.91 Å². The maximum Gasteiger partial charge on any atom is 0.237 e. The fourth-order valence-electron chi connectivity index (χ4n) is 2.95. The largest absolute Gasteiger partial charge is 0.368 e. The highest BCUT2D eigenvalue weighted by molar-refractivity contribution is 5.88. The molecule has 1 aliphatic carbocycles. The Morgan fingerprint density at radius 1 is 1.19 bits per heavy atom. The summed E-state index contributed by atoms with van der Waals surface area (Å²) >= 11 is 0. The van der Waals surface area contributed by atoms with Gasteiger partial charge in [-0.25, -0.2) is 9.97 Å². The molecule has 1 aromatic carbocycles. The van der Waals surface area contributed by atoms with Crippen LogP contribution < -0.4 is 16.4 Å². The summed E-state index contributed by atoms with van der Waals surface area (Å²) in [7, 11) is 0. The van der Waals surface area contributed by atoms with E-state index in [1.54, 1.807) is 0 Å². The van der Waals surface area contributed by atoms with Gasteiger partial charge in [-0.2, -0.15) is 0 Å². The molecule has 0 spiro atoms. The van der Waals surface area contributed by atoms with E-state index in [0.29, 0.717) is 24.8 Å². The SMILES string of the molecule is NC(C(=O)NCCNc1nc(-c2ccccc2)nc2[nH]ccc12)C1CC1. The van der Waals surface area contributed by atoms with E-state index in [2.05, 4.69) is 25.6 Å². The lowest BCUT2D eigenvalue weighted by Gasteiger charge is -2.12. The number of hydrogen-bond acceptors (Lipinski definition) is 5. The zero-order chi connectivity index (χ0) is 17.9. The Bertz CT molecular complexity index is 903. The van der Waals surface area contributed by atoms with E-state index in [1.807, 2.05) is 42.6 Å². The number of carbonyl (C=O) groups excluding carboxylic acids is 1. The smallest absolute Gasteiger partial charge is 0.237 e. The summed E-state index contributed by atoms with van der Waals surface area (Å²) in [6, 6.07) is 11.4. The Kier molecular flexibility index (Phi) is 4.53. The topological polar surface area (TPSA) is 109 Å². The van der Waals surface area contributed by atoms with Gasteiger partial charge >= 0.3 is 0 Å². The maximum atomic E-state index is 12.0. The van der Waals surface area contributed by atoms with Crippen LogP contribution in [-0.2, 0) is 4.79 Å². The van der Waals surface area contributed by atoms with Gasteiger partial charge in [0.25, 0.3) is 0 Å². The normalized spacial score (nSPS) is 15.0. The van der Waals surface area contributed by atoms with Crippen LogP contribution in [0, 0.1) is 5.92 Å². The van der Waals surface area contributed by atoms with E-state index < -0.39 is 0 Å². The van der Waals surface area contributed by atoms with E-state index >= 15 is 0 Å². The maximum absolute atomic E-state index is 12.0. The number of nitrogens with zero attached hydrogens (tertiary/aromatic N) is 2. The minimum absolute atomic E-state index is 0.0752. The van der Waals surface area contributed by atoms with Gasteiger partial charge in [-0.15, -0.1) is 0 Å². The monoisotopic (exact) mass is 350 g/mol. The fourth-order valence-corrected chi connectivity index (χ4v) is 2.95. The van der Waals surface area contributed by atoms with Crippen molar-refractivity contribution in [1.29, 1.82) is 0 Å². The molecule has 1 saturated carbocycles. The molecule has 7 nitrogen and oxygen atoms in total. The number of anilines is 1. The summed E-state index contributed by atoms with van der Waals surface area (Å²) < 4.78 is 0. The van der Waals surface area contributed by atoms with E-state index in [-0.39, 0.29) is 11.9 Å². The van der Waals surface area contributed by atoms with Gasteiger partial charge in [-0.05, 0) is 24.8 Å². The summed E-state index contributed by atoms with van der Waals surface area (Å²) in [6.07, 6.45) is 3.96. The van der Waals surface area contributed by atoms with Crippen molar-refractivity contribution in [2.24, 2.45) is 11.7 Å². The summed E-state index contributed by atoms with van der Waals surface area (Å²) in [4.78, 5) is 24.3. The van der Waals surface area contributed by atoms with Crippen LogP contribution in [0.15, 0.2) is 42.6 Å². The number of fused-ring (bicyclic) bond motifs is 1.